The molecule has 0 spiro atoms. The second-order valence-electron chi connectivity index (χ2n) is 6.01. The molecule has 1 heterocycles. The number of rotatable bonds is 4. The largest absolute Gasteiger partial charge is 0.394 e. The summed E-state index contributed by atoms with van der Waals surface area (Å²) in [6.07, 6.45) is 7.06. The second-order valence-corrected chi connectivity index (χ2v) is 6.01. The molecule has 1 aliphatic carbocycles. The van der Waals surface area contributed by atoms with Crippen LogP contribution >= 0.6 is 0 Å². The Balaban J connectivity index is 2.04. The monoisotopic (exact) mass is 254 g/mol. The summed E-state index contributed by atoms with van der Waals surface area (Å²) in [7, 11) is 0. The Morgan fingerprint density at radius 3 is 2.50 bits per heavy atom. The maximum atomic E-state index is 12.6. The van der Waals surface area contributed by atoms with Crippen LogP contribution in [0.3, 0.4) is 0 Å². The van der Waals surface area contributed by atoms with Crippen molar-refractivity contribution in [2.45, 2.75) is 57.4 Å². The first-order valence-corrected chi connectivity index (χ1v) is 7.31. The number of hydrogen-bond acceptors (Lipinski definition) is 3. The number of carbonyl (C=O) groups is 1. The van der Waals surface area contributed by atoms with Gasteiger partial charge in [0.05, 0.1) is 17.6 Å². The Morgan fingerprint density at radius 1 is 1.28 bits per heavy atom. The van der Waals surface area contributed by atoms with Crippen molar-refractivity contribution in [2.24, 2.45) is 5.41 Å². The maximum absolute atomic E-state index is 12.6. The lowest BCUT2D eigenvalue weighted by molar-refractivity contribution is -0.133. The minimum absolute atomic E-state index is 0.0754. The number of nitrogens with one attached hydrogen (secondary N) is 2. The van der Waals surface area contributed by atoms with Crippen molar-refractivity contribution >= 4 is 5.91 Å². The van der Waals surface area contributed by atoms with Crippen LogP contribution in [0.4, 0.5) is 0 Å². The summed E-state index contributed by atoms with van der Waals surface area (Å²) >= 11 is 0. The summed E-state index contributed by atoms with van der Waals surface area (Å²) in [5.74, 6) is 0.144. The zero-order valence-corrected chi connectivity index (χ0v) is 11.4. The number of aliphatic hydroxyl groups excluding tert-OH is 1. The SMILES string of the molecule is CCC1(C(=O)NC2(CO)CCCCC2)CCNC1. The Labute approximate surface area is 110 Å². The lowest BCUT2D eigenvalue weighted by atomic mass is 9.78. The lowest BCUT2D eigenvalue weighted by Crippen LogP contribution is -2.57. The first-order chi connectivity index (χ1) is 8.66. The number of hydrogen-bond donors (Lipinski definition) is 3. The van der Waals surface area contributed by atoms with Gasteiger partial charge in [-0.15, -0.1) is 0 Å². The van der Waals surface area contributed by atoms with E-state index in [1.165, 1.54) is 6.42 Å². The third-order valence-corrected chi connectivity index (χ3v) is 4.89. The molecule has 104 valence electrons. The summed E-state index contributed by atoms with van der Waals surface area (Å²) in [6, 6.07) is 0. The third-order valence-electron chi connectivity index (χ3n) is 4.89. The van der Waals surface area contributed by atoms with E-state index in [9.17, 15) is 9.90 Å². The third kappa shape index (κ3) is 2.54. The number of amides is 1. The average Bonchev–Trinajstić information content (AvgIpc) is 2.90. The summed E-state index contributed by atoms with van der Waals surface area (Å²) in [4.78, 5) is 12.6. The van der Waals surface area contributed by atoms with Gasteiger partial charge in [-0.25, -0.2) is 0 Å². The van der Waals surface area contributed by atoms with E-state index in [2.05, 4.69) is 17.6 Å². The molecule has 0 aromatic heterocycles. The first kappa shape index (κ1) is 13.8. The summed E-state index contributed by atoms with van der Waals surface area (Å²) in [6.45, 7) is 3.86. The fraction of sp³-hybridized carbons (Fsp3) is 0.929. The molecule has 2 aliphatic rings. The van der Waals surface area contributed by atoms with Crippen molar-refractivity contribution in [3.63, 3.8) is 0 Å². The zero-order chi connectivity index (χ0) is 13.1. The van der Waals surface area contributed by atoms with E-state index < -0.39 is 0 Å². The molecule has 2 rings (SSSR count). The normalized spacial score (nSPS) is 31.2. The molecule has 1 saturated heterocycles. The minimum Gasteiger partial charge on any atom is -0.394 e. The fourth-order valence-electron chi connectivity index (χ4n) is 3.32. The molecule has 1 amide bonds. The highest BCUT2D eigenvalue weighted by Gasteiger charge is 2.43. The van der Waals surface area contributed by atoms with Gasteiger partial charge in [0.2, 0.25) is 5.91 Å². The van der Waals surface area contributed by atoms with Gasteiger partial charge in [-0.05, 0) is 32.2 Å². The predicted molar refractivity (Wildman–Crippen MR) is 71.3 cm³/mol. The van der Waals surface area contributed by atoms with Gasteiger partial charge in [0.25, 0.3) is 0 Å². The number of carbonyl (C=O) groups excluding carboxylic acids is 1. The van der Waals surface area contributed by atoms with Crippen LogP contribution in [-0.2, 0) is 4.79 Å². The van der Waals surface area contributed by atoms with E-state index in [0.29, 0.717) is 0 Å². The molecule has 1 aliphatic heterocycles. The van der Waals surface area contributed by atoms with Crippen molar-refractivity contribution in [1.29, 1.82) is 0 Å². The molecule has 3 N–H and O–H groups in total. The topological polar surface area (TPSA) is 61.4 Å². The van der Waals surface area contributed by atoms with Crippen molar-refractivity contribution in [2.75, 3.05) is 19.7 Å². The number of aliphatic hydroxyl groups is 1. The lowest BCUT2D eigenvalue weighted by Gasteiger charge is -2.39. The van der Waals surface area contributed by atoms with Crippen molar-refractivity contribution in [3.8, 4) is 0 Å². The van der Waals surface area contributed by atoms with Gasteiger partial charge in [-0.3, -0.25) is 4.79 Å². The summed E-state index contributed by atoms with van der Waals surface area (Å²) in [5, 5.41) is 16.1. The van der Waals surface area contributed by atoms with Gasteiger partial charge < -0.3 is 15.7 Å². The fourth-order valence-corrected chi connectivity index (χ4v) is 3.32. The first-order valence-electron chi connectivity index (χ1n) is 7.31. The van der Waals surface area contributed by atoms with Crippen LogP contribution in [0.25, 0.3) is 0 Å². The van der Waals surface area contributed by atoms with Crippen LogP contribution in [-0.4, -0.2) is 36.2 Å². The maximum Gasteiger partial charge on any atom is 0.228 e. The summed E-state index contributed by atoms with van der Waals surface area (Å²) < 4.78 is 0. The smallest absolute Gasteiger partial charge is 0.228 e. The van der Waals surface area contributed by atoms with Gasteiger partial charge in [0, 0.05) is 6.54 Å². The molecule has 2 fully saturated rings. The zero-order valence-electron chi connectivity index (χ0n) is 11.4. The van der Waals surface area contributed by atoms with Crippen LogP contribution in [0.5, 0.6) is 0 Å². The van der Waals surface area contributed by atoms with Crippen molar-refractivity contribution in [1.82, 2.24) is 10.6 Å². The van der Waals surface area contributed by atoms with Crippen LogP contribution in [0.15, 0.2) is 0 Å². The molecular formula is C14H26N2O2. The van der Waals surface area contributed by atoms with E-state index in [-0.39, 0.29) is 23.5 Å². The molecular weight excluding hydrogens is 228 g/mol. The highest BCUT2D eigenvalue weighted by molar-refractivity contribution is 5.84. The van der Waals surface area contributed by atoms with Crippen LogP contribution in [0.2, 0.25) is 0 Å². The van der Waals surface area contributed by atoms with Gasteiger partial charge in [0.15, 0.2) is 0 Å². The Hall–Kier alpha value is -0.610. The predicted octanol–water partition coefficient (Wildman–Crippen LogP) is 1.19. The quantitative estimate of drug-likeness (QED) is 0.706. The van der Waals surface area contributed by atoms with Gasteiger partial charge in [-0.2, -0.15) is 0 Å². The second kappa shape index (κ2) is 5.57. The van der Waals surface area contributed by atoms with E-state index in [4.69, 9.17) is 0 Å². The minimum atomic E-state index is -0.347. The van der Waals surface area contributed by atoms with Crippen molar-refractivity contribution < 1.29 is 9.90 Å². The highest BCUT2D eigenvalue weighted by Crippen LogP contribution is 2.33. The highest BCUT2D eigenvalue weighted by atomic mass is 16.3. The molecule has 0 aromatic rings. The molecule has 0 aromatic carbocycles. The van der Waals surface area contributed by atoms with E-state index in [0.717, 1.165) is 51.6 Å². The van der Waals surface area contributed by atoms with Crippen LogP contribution in [0.1, 0.15) is 51.9 Å². The van der Waals surface area contributed by atoms with Gasteiger partial charge in [-0.1, -0.05) is 26.2 Å². The molecule has 1 unspecified atom stereocenters. The average molecular weight is 254 g/mol. The Bertz CT molecular complexity index is 292. The molecule has 1 atom stereocenters. The van der Waals surface area contributed by atoms with E-state index in [1.54, 1.807) is 0 Å². The molecule has 4 heteroatoms. The molecule has 0 bridgehead atoms. The Morgan fingerprint density at radius 2 is 2.00 bits per heavy atom. The van der Waals surface area contributed by atoms with Crippen LogP contribution < -0.4 is 10.6 Å². The van der Waals surface area contributed by atoms with Gasteiger partial charge >= 0.3 is 0 Å². The standard InChI is InChI=1S/C14H26N2O2/c1-2-13(8-9-15-10-13)12(18)16-14(11-17)6-4-3-5-7-14/h15,17H,2-11H2,1H3,(H,16,18). The molecule has 1 saturated carbocycles. The van der Waals surface area contributed by atoms with Crippen molar-refractivity contribution in [3.05, 3.63) is 0 Å². The van der Waals surface area contributed by atoms with Gasteiger partial charge in [0.1, 0.15) is 0 Å². The van der Waals surface area contributed by atoms with Crippen LogP contribution in [0, 0.1) is 5.41 Å². The Kier molecular flexibility index (Phi) is 4.28. The van der Waals surface area contributed by atoms with E-state index >= 15 is 0 Å². The molecule has 18 heavy (non-hydrogen) atoms. The summed E-state index contributed by atoms with van der Waals surface area (Å²) in [5.41, 5.74) is -0.598. The van der Waals surface area contributed by atoms with E-state index in [1.807, 2.05) is 0 Å². The molecule has 0 radical (unpaired) electrons. The molecule has 4 nitrogen and oxygen atoms in total.